The fourth-order valence-corrected chi connectivity index (χ4v) is 2.86. The van der Waals surface area contributed by atoms with Crippen LogP contribution in [0.25, 0.3) is 0 Å². The number of aliphatic hydroxyl groups is 1. The van der Waals surface area contributed by atoms with Gasteiger partial charge in [-0.15, -0.1) is 24.0 Å². The Labute approximate surface area is 168 Å². The summed E-state index contributed by atoms with van der Waals surface area (Å²) in [6.07, 6.45) is 3.62. The average molecular weight is 461 g/mol. The number of hydrogen-bond donors (Lipinski definition) is 3. The van der Waals surface area contributed by atoms with E-state index in [9.17, 15) is 5.11 Å². The smallest absolute Gasteiger partial charge is 0.191 e. The predicted octanol–water partition coefficient (Wildman–Crippen LogP) is 3.20. The van der Waals surface area contributed by atoms with Gasteiger partial charge in [-0.1, -0.05) is 24.3 Å². The number of benzene rings is 1. The number of nitrogens with zero attached hydrogens (tertiary/aromatic N) is 1. The molecule has 0 radical (unpaired) electrons. The van der Waals surface area contributed by atoms with Crippen molar-refractivity contribution in [1.82, 2.24) is 10.6 Å². The monoisotopic (exact) mass is 461 g/mol. The third-order valence-corrected chi connectivity index (χ3v) is 4.30. The van der Waals surface area contributed by atoms with Crippen LogP contribution in [0.15, 0.2) is 29.3 Å². The third-order valence-electron chi connectivity index (χ3n) is 4.30. The van der Waals surface area contributed by atoms with Crippen LogP contribution in [-0.2, 0) is 17.9 Å². The summed E-state index contributed by atoms with van der Waals surface area (Å²) in [5.41, 5.74) is 2.38. The average Bonchev–Trinajstić information content (AvgIpc) is 2.61. The Morgan fingerprint density at radius 2 is 1.76 bits per heavy atom. The van der Waals surface area contributed by atoms with Crippen molar-refractivity contribution in [3.8, 4) is 0 Å². The van der Waals surface area contributed by atoms with E-state index in [0.29, 0.717) is 19.2 Å². The number of guanidine groups is 1. The van der Waals surface area contributed by atoms with Crippen molar-refractivity contribution in [3.05, 3.63) is 35.4 Å². The second-order valence-corrected chi connectivity index (χ2v) is 6.30. The molecule has 1 aromatic carbocycles. The Kier molecular flexibility index (Phi) is 11.1. The molecule has 1 aromatic rings. The van der Waals surface area contributed by atoms with Crippen LogP contribution in [-0.4, -0.2) is 36.4 Å². The molecule has 1 saturated carbocycles. The van der Waals surface area contributed by atoms with Crippen LogP contribution < -0.4 is 10.6 Å². The van der Waals surface area contributed by atoms with E-state index in [1.807, 2.05) is 6.92 Å². The zero-order chi connectivity index (χ0) is 17.2. The van der Waals surface area contributed by atoms with Gasteiger partial charge in [0.2, 0.25) is 0 Å². The molecule has 1 fully saturated rings. The highest BCUT2D eigenvalue weighted by atomic mass is 127. The molecule has 5 nitrogen and oxygen atoms in total. The minimum absolute atomic E-state index is 0. The van der Waals surface area contributed by atoms with Gasteiger partial charge in [-0.2, -0.15) is 0 Å². The van der Waals surface area contributed by atoms with Gasteiger partial charge in [-0.05, 0) is 50.7 Å². The molecular weight excluding hydrogens is 429 g/mol. The van der Waals surface area contributed by atoms with E-state index >= 15 is 0 Å². The molecule has 0 saturated heterocycles. The van der Waals surface area contributed by atoms with Crippen LogP contribution >= 0.6 is 24.0 Å². The summed E-state index contributed by atoms with van der Waals surface area (Å²) in [5, 5.41) is 16.4. The standard InChI is InChI=1S/C19H31N3O2.HI/c1-3-20-19(22-17-9-11-18(23)12-10-17)21-13-15-5-7-16(8-6-15)14-24-4-2;/h5-8,17-18,23H,3-4,9-14H2,1-2H3,(H2,20,21,22);1H. The normalized spacial score (nSPS) is 20.7. The van der Waals surface area contributed by atoms with Gasteiger partial charge in [0, 0.05) is 19.2 Å². The molecule has 142 valence electrons. The number of ether oxygens (including phenoxy) is 1. The van der Waals surface area contributed by atoms with Crippen LogP contribution in [0.4, 0.5) is 0 Å². The summed E-state index contributed by atoms with van der Waals surface area (Å²) >= 11 is 0. The Bertz CT molecular complexity index is 500. The molecule has 0 bridgehead atoms. The van der Waals surface area contributed by atoms with Gasteiger partial charge in [-0.25, -0.2) is 4.99 Å². The third kappa shape index (κ3) is 8.37. The first kappa shape index (κ1) is 22.2. The van der Waals surface area contributed by atoms with E-state index < -0.39 is 0 Å². The number of hydrogen-bond acceptors (Lipinski definition) is 3. The molecule has 0 amide bonds. The Morgan fingerprint density at radius 1 is 1.12 bits per heavy atom. The number of nitrogens with one attached hydrogen (secondary N) is 2. The zero-order valence-electron chi connectivity index (χ0n) is 15.3. The molecular formula is C19H32IN3O2. The Hall–Kier alpha value is -0.860. The van der Waals surface area contributed by atoms with Crippen LogP contribution in [0.5, 0.6) is 0 Å². The van der Waals surface area contributed by atoms with Crippen LogP contribution in [0.3, 0.4) is 0 Å². The molecule has 0 spiro atoms. The fourth-order valence-electron chi connectivity index (χ4n) is 2.86. The molecule has 1 aliphatic rings. The first-order chi connectivity index (χ1) is 11.7. The summed E-state index contributed by atoms with van der Waals surface area (Å²) < 4.78 is 5.42. The molecule has 0 aromatic heterocycles. The van der Waals surface area contributed by atoms with Gasteiger partial charge >= 0.3 is 0 Å². The van der Waals surface area contributed by atoms with Crippen molar-refractivity contribution >= 4 is 29.9 Å². The van der Waals surface area contributed by atoms with Crippen LogP contribution in [0, 0.1) is 0 Å². The van der Waals surface area contributed by atoms with Gasteiger partial charge in [-0.3, -0.25) is 0 Å². The second kappa shape index (κ2) is 12.5. The van der Waals surface area contributed by atoms with Crippen molar-refractivity contribution < 1.29 is 9.84 Å². The number of halogens is 1. The van der Waals surface area contributed by atoms with Gasteiger partial charge < -0.3 is 20.5 Å². The Balaban J connectivity index is 0.00000312. The summed E-state index contributed by atoms with van der Waals surface area (Å²) in [6.45, 7) is 6.98. The molecule has 0 heterocycles. The summed E-state index contributed by atoms with van der Waals surface area (Å²) in [6, 6.07) is 8.82. The van der Waals surface area contributed by atoms with E-state index in [4.69, 9.17) is 4.74 Å². The summed E-state index contributed by atoms with van der Waals surface area (Å²) in [4.78, 5) is 4.69. The summed E-state index contributed by atoms with van der Waals surface area (Å²) in [5.74, 6) is 0.859. The first-order valence-electron chi connectivity index (χ1n) is 9.09. The summed E-state index contributed by atoms with van der Waals surface area (Å²) in [7, 11) is 0. The lowest BCUT2D eigenvalue weighted by Gasteiger charge is -2.27. The Morgan fingerprint density at radius 3 is 2.36 bits per heavy atom. The quantitative estimate of drug-likeness (QED) is 0.332. The number of aliphatic hydroxyl groups excluding tert-OH is 1. The van der Waals surface area contributed by atoms with Gasteiger partial charge in [0.1, 0.15) is 0 Å². The van der Waals surface area contributed by atoms with E-state index in [-0.39, 0.29) is 30.1 Å². The maximum Gasteiger partial charge on any atom is 0.191 e. The van der Waals surface area contributed by atoms with Crippen molar-refractivity contribution in [2.24, 2.45) is 4.99 Å². The number of aliphatic imine (C=N–C) groups is 1. The van der Waals surface area contributed by atoms with E-state index in [2.05, 4.69) is 46.8 Å². The van der Waals surface area contributed by atoms with E-state index in [1.165, 1.54) is 11.1 Å². The maximum absolute atomic E-state index is 9.61. The maximum atomic E-state index is 9.61. The molecule has 0 aliphatic heterocycles. The van der Waals surface area contributed by atoms with E-state index in [0.717, 1.165) is 44.8 Å². The van der Waals surface area contributed by atoms with Crippen molar-refractivity contribution in [2.75, 3.05) is 13.2 Å². The lowest BCUT2D eigenvalue weighted by molar-refractivity contribution is 0.120. The highest BCUT2D eigenvalue weighted by Gasteiger charge is 2.19. The van der Waals surface area contributed by atoms with Gasteiger partial charge in [0.25, 0.3) is 0 Å². The molecule has 2 rings (SSSR count). The molecule has 6 heteroatoms. The molecule has 0 unspecified atom stereocenters. The highest BCUT2D eigenvalue weighted by Crippen LogP contribution is 2.18. The first-order valence-corrected chi connectivity index (χ1v) is 9.09. The lowest BCUT2D eigenvalue weighted by atomic mass is 9.93. The minimum atomic E-state index is -0.127. The van der Waals surface area contributed by atoms with Crippen molar-refractivity contribution in [1.29, 1.82) is 0 Å². The SMILES string of the molecule is CCNC(=NCc1ccc(COCC)cc1)NC1CCC(O)CC1.I. The fraction of sp³-hybridized carbons (Fsp3) is 0.632. The minimum Gasteiger partial charge on any atom is -0.393 e. The number of rotatable bonds is 7. The lowest BCUT2D eigenvalue weighted by Crippen LogP contribution is -2.45. The zero-order valence-corrected chi connectivity index (χ0v) is 17.7. The second-order valence-electron chi connectivity index (χ2n) is 6.30. The topological polar surface area (TPSA) is 65.9 Å². The van der Waals surface area contributed by atoms with Gasteiger partial charge in [0.15, 0.2) is 5.96 Å². The van der Waals surface area contributed by atoms with E-state index in [1.54, 1.807) is 0 Å². The molecule has 25 heavy (non-hydrogen) atoms. The van der Waals surface area contributed by atoms with Crippen LogP contribution in [0.2, 0.25) is 0 Å². The van der Waals surface area contributed by atoms with Gasteiger partial charge in [0.05, 0.1) is 19.3 Å². The van der Waals surface area contributed by atoms with Crippen molar-refractivity contribution in [3.63, 3.8) is 0 Å². The highest BCUT2D eigenvalue weighted by molar-refractivity contribution is 14.0. The predicted molar refractivity (Wildman–Crippen MR) is 113 cm³/mol. The largest absolute Gasteiger partial charge is 0.393 e. The molecule has 3 N–H and O–H groups in total. The van der Waals surface area contributed by atoms with Crippen LogP contribution in [0.1, 0.15) is 50.7 Å². The molecule has 1 aliphatic carbocycles. The van der Waals surface area contributed by atoms with Crippen molar-refractivity contribution in [2.45, 2.75) is 64.8 Å². The molecule has 0 atom stereocenters.